The van der Waals surface area contributed by atoms with E-state index in [1.807, 2.05) is 0 Å². The topological polar surface area (TPSA) is 18.5 Å². The number of methoxy groups -OCH3 is 2. The minimum absolute atomic E-state index is 0.0308. The van der Waals surface area contributed by atoms with Gasteiger partial charge in [-0.1, -0.05) is 0 Å². The Labute approximate surface area is 75.2 Å². The van der Waals surface area contributed by atoms with Crippen molar-refractivity contribution in [3.63, 3.8) is 0 Å². The van der Waals surface area contributed by atoms with Crippen LogP contribution in [0.4, 0.5) is 0 Å². The molecular weight excluding hydrogens is 152 g/mol. The number of ether oxygens (including phenoxy) is 2. The SMILES string of the molecule is COC1(C)CCCC(C)(OC)C1. The maximum Gasteiger partial charge on any atom is 0.0678 e. The molecule has 2 nitrogen and oxygen atoms in total. The maximum absolute atomic E-state index is 5.50. The molecule has 1 fully saturated rings. The zero-order valence-corrected chi connectivity index (χ0v) is 8.64. The van der Waals surface area contributed by atoms with Gasteiger partial charge in [-0.2, -0.15) is 0 Å². The molecule has 0 aliphatic heterocycles. The molecular formula is C10H20O2. The zero-order chi connectivity index (χ0) is 9.24. The molecule has 72 valence electrons. The predicted molar refractivity (Wildman–Crippen MR) is 49.3 cm³/mol. The first-order chi connectivity index (χ1) is 5.54. The molecule has 0 heterocycles. The van der Waals surface area contributed by atoms with Crippen molar-refractivity contribution in [2.75, 3.05) is 14.2 Å². The van der Waals surface area contributed by atoms with Crippen molar-refractivity contribution in [2.45, 2.75) is 50.7 Å². The van der Waals surface area contributed by atoms with Crippen LogP contribution in [0, 0.1) is 0 Å². The Hall–Kier alpha value is -0.0800. The predicted octanol–water partition coefficient (Wildman–Crippen LogP) is 2.37. The molecule has 0 aromatic heterocycles. The van der Waals surface area contributed by atoms with Crippen LogP contribution < -0.4 is 0 Å². The number of rotatable bonds is 2. The van der Waals surface area contributed by atoms with Gasteiger partial charge in [0.25, 0.3) is 0 Å². The molecule has 0 N–H and O–H groups in total. The summed E-state index contributed by atoms with van der Waals surface area (Å²) in [4.78, 5) is 0. The van der Waals surface area contributed by atoms with E-state index in [0.29, 0.717) is 0 Å². The lowest BCUT2D eigenvalue weighted by Crippen LogP contribution is -2.44. The third-order valence-corrected chi connectivity index (χ3v) is 3.14. The molecule has 1 rings (SSSR count). The van der Waals surface area contributed by atoms with Crippen LogP contribution in [0.25, 0.3) is 0 Å². The minimum Gasteiger partial charge on any atom is -0.378 e. The van der Waals surface area contributed by atoms with Gasteiger partial charge < -0.3 is 9.47 Å². The molecule has 0 aromatic carbocycles. The second-order valence-electron chi connectivity index (χ2n) is 4.34. The van der Waals surface area contributed by atoms with Gasteiger partial charge in [0.05, 0.1) is 11.2 Å². The Bertz CT molecular complexity index is 142. The van der Waals surface area contributed by atoms with Crippen LogP contribution in [0.15, 0.2) is 0 Å². The van der Waals surface area contributed by atoms with Crippen LogP contribution in [0.2, 0.25) is 0 Å². The molecule has 0 saturated heterocycles. The van der Waals surface area contributed by atoms with Crippen molar-refractivity contribution < 1.29 is 9.47 Å². The van der Waals surface area contributed by atoms with E-state index in [4.69, 9.17) is 9.47 Å². The van der Waals surface area contributed by atoms with Gasteiger partial charge in [0.15, 0.2) is 0 Å². The van der Waals surface area contributed by atoms with E-state index in [-0.39, 0.29) is 11.2 Å². The molecule has 0 bridgehead atoms. The highest BCUT2D eigenvalue weighted by Gasteiger charge is 2.39. The van der Waals surface area contributed by atoms with Crippen LogP contribution in [-0.2, 0) is 9.47 Å². The van der Waals surface area contributed by atoms with Gasteiger partial charge in [0.2, 0.25) is 0 Å². The van der Waals surface area contributed by atoms with Crippen LogP contribution in [0.3, 0.4) is 0 Å². The molecule has 1 aliphatic carbocycles. The van der Waals surface area contributed by atoms with E-state index in [9.17, 15) is 0 Å². The second-order valence-corrected chi connectivity index (χ2v) is 4.34. The van der Waals surface area contributed by atoms with E-state index in [2.05, 4.69) is 13.8 Å². The molecule has 0 spiro atoms. The third kappa shape index (κ3) is 1.99. The minimum atomic E-state index is 0.0308. The third-order valence-electron chi connectivity index (χ3n) is 3.14. The van der Waals surface area contributed by atoms with Gasteiger partial charge in [-0.15, -0.1) is 0 Å². The number of hydrogen-bond acceptors (Lipinski definition) is 2. The monoisotopic (exact) mass is 172 g/mol. The summed E-state index contributed by atoms with van der Waals surface area (Å²) in [7, 11) is 3.59. The van der Waals surface area contributed by atoms with Gasteiger partial charge in [-0.3, -0.25) is 0 Å². The summed E-state index contributed by atoms with van der Waals surface area (Å²) in [5, 5.41) is 0. The van der Waals surface area contributed by atoms with Gasteiger partial charge >= 0.3 is 0 Å². The second kappa shape index (κ2) is 3.35. The molecule has 2 unspecified atom stereocenters. The lowest BCUT2D eigenvalue weighted by molar-refractivity contribution is -0.118. The Balaban J connectivity index is 2.62. The molecule has 1 aliphatic rings. The molecule has 0 aromatic rings. The molecule has 2 atom stereocenters. The normalized spacial score (nSPS) is 43.0. The van der Waals surface area contributed by atoms with E-state index in [1.54, 1.807) is 14.2 Å². The van der Waals surface area contributed by atoms with Gasteiger partial charge in [0, 0.05) is 20.6 Å². The highest BCUT2D eigenvalue weighted by Crippen LogP contribution is 2.38. The maximum atomic E-state index is 5.50. The highest BCUT2D eigenvalue weighted by atomic mass is 16.5. The first kappa shape index (κ1) is 10.0. The fraction of sp³-hybridized carbons (Fsp3) is 1.00. The summed E-state index contributed by atoms with van der Waals surface area (Å²) in [6.45, 7) is 4.34. The zero-order valence-electron chi connectivity index (χ0n) is 8.64. The largest absolute Gasteiger partial charge is 0.378 e. The van der Waals surface area contributed by atoms with Crippen molar-refractivity contribution in [3.05, 3.63) is 0 Å². The van der Waals surface area contributed by atoms with Crippen molar-refractivity contribution in [1.29, 1.82) is 0 Å². The number of hydrogen-bond donors (Lipinski definition) is 0. The molecule has 2 heteroatoms. The summed E-state index contributed by atoms with van der Waals surface area (Å²) in [5.41, 5.74) is 0.0615. The Morgan fingerprint density at radius 3 is 1.67 bits per heavy atom. The molecule has 12 heavy (non-hydrogen) atoms. The quantitative estimate of drug-likeness (QED) is 0.636. The van der Waals surface area contributed by atoms with Gasteiger partial charge in [-0.05, 0) is 33.1 Å². The first-order valence-corrected chi connectivity index (χ1v) is 4.64. The van der Waals surface area contributed by atoms with Gasteiger partial charge in [0.1, 0.15) is 0 Å². The van der Waals surface area contributed by atoms with Crippen molar-refractivity contribution in [2.24, 2.45) is 0 Å². The van der Waals surface area contributed by atoms with E-state index < -0.39 is 0 Å². The fourth-order valence-electron chi connectivity index (χ4n) is 2.15. The van der Waals surface area contributed by atoms with E-state index >= 15 is 0 Å². The first-order valence-electron chi connectivity index (χ1n) is 4.64. The lowest BCUT2D eigenvalue weighted by atomic mass is 9.77. The smallest absolute Gasteiger partial charge is 0.0678 e. The van der Waals surface area contributed by atoms with Crippen LogP contribution in [-0.4, -0.2) is 25.4 Å². The fourth-order valence-corrected chi connectivity index (χ4v) is 2.15. The molecule has 0 amide bonds. The Morgan fingerprint density at radius 1 is 0.917 bits per heavy atom. The average Bonchev–Trinajstić information content (AvgIpc) is 2.05. The van der Waals surface area contributed by atoms with Crippen LogP contribution >= 0.6 is 0 Å². The van der Waals surface area contributed by atoms with Crippen LogP contribution in [0.1, 0.15) is 39.5 Å². The summed E-state index contributed by atoms with van der Waals surface area (Å²) < 4.78 is 11.0. The highest BCUT2D eigenvalue weighted by molar-refractivity contribution is 4.92. The van der Waals surface area contributed by atoms with Crippen molar-refractivity contribution in [3.8, 4) is 0 Å². The van der Waals surface area contributed by atoms with Crippen LogP contribution in [0.5, 0.6) is 0 Å². The average molecular weight is 172 g/mol. The Kier molecular flexibility index (Phi) is 2.79. The summed E-state index contributed by atoms with van der Waals surface area (Å²) in [5.74, 6) is 0. The van der Waals surface area contributed by atoms with Crippen molar-refractivity contribution >= 4 is 0 Å². The standard InChI is InChI=1S/C10H20O2/c1-9(11-3)6-5-7-10(2,8-9)12-4/h5-8H2,1-4H3. The molecule has 1 saturated carbocycles. The Morgan fingerprint density at radius 2 is 1.33 bits per heavy atom. The van der Waals surface area contributed by atoms with Gasteiger partial charge in [-0.25, -0.2) is 0 Å². The molecule has 0 radical (unpaired) electrons. The van der Waals surface area contributed by atoms with E-state index in [1.165, 1.54) is 6.42 Å². The summed E-state index contributed by atoms with van der Waals surface area (Å²) in [6.07, 6.45) is 4.52. The van der Waals surface area contributed by atoms with Crippen molar-refractivity contribution in [1.82, 2.24) is 0 Å². The van der Waals surface area contributed by atoms with E-state index in [0.717, 1.165) is 19.3 Å². The lowest BCUT2D eigenvalue weighted by Gasteiger charge is -2.42. The summed E-state index contributed by atoms with van der Waals surface area (Å²) >= 11 is 0. The summed E-state index contributed by atoms with van der Waals surface area (Å²) in [6, 6.07) is 0.